The molecule has 1 rings (SSSR count). The van der Waals surface area contributed by atoms with Gasteiger partial charge in [-0.3, -0.25) is 4.79 Å². The summed E-state index contributed by atoms with van der Waals surface area (Å²) in [4.78, 5) is 23.2. The van der Waals surface area contributed by atoms with Gasteiger partial charge in [-0.05, 0) is 11.0 Å². The van der Waals surface area contributed by atoms with Crippen molar-refractivity contribution in [1.29, 1.82) is 0 Å². The van der Waals surface area contributed by atoms with E-state index in [9.17, 15) is 14.7 Å². The summed E-state index contributed by atoms with van der Waals surface area (Å²) in [6.45, 7) is 5.49. The molecule has 19 heavy (non-hydrogen) atoms. The predicted octanol–water partition coefficient (Wildman–Crippen LogP) is 1.30. The molecule has 0 spiro atoms. The van der Waals surface area contributed by atoms with E-state index in [1.165, 1.54) is 0 Å². The molecule has 5 heteroatoms. The first kappa shape index (κ1) is 15.2. The summed E-state index contributed by atoms with van der Waals surface area (Å²) in [6.07, 6.45) is 0. The fourth-order valence-corrected chi connectivity index (χ4v) is 1.56. The molecule has 4 N–H and O–H groups in total. The number of rotatable bonds is 4. The standard InChI is InChI=1S/C14H20N2O3/c1-14(2,3)11(15)12(17)16-10(13(18)19)9-7-5-4-6-8-9/h4-8,10-11H,15H2,1-3H3,(H,16,17)(H,18,19)/t10?,11-/m1/s1. The molecule has 1 aromatic rings. The summed E-state index contributed by atoms with van der Waals surface area (Å²) in [5.41, 5.74) is 5.91. The van der Waals surface area contributed by atoms with E-state index in [-0.39, 0.29) is 0 Å². The van der Waals surface area contributed by atoms with Crippen LogP contribution in [0.1, 0.15) is 32.4 Å². The van der Waals surface area contributed by atoms with E-state index in [0.717, 1.165) is 0 Å². The number of hydrogen-bond acceptors (Lipinski definition) is 3. The maximum absolute atomic E-state index is 12.0. The average Bonchev–Trinajstić information content (AvgIpc) is 2.34. The zero-order valence-electron chi connectivity index (χ0n) is 11.4. The number of nitrogens with two attached hydrogens (primary N) is 1. The van der Waals surface area contributed by atoms with Gasteiger partial charge in [-0.2, -0.15) is 0 Å². The van der Waals surface area contributed by atoms with E-state index in [1.54, 1.807) is 30.3 Å². The Balaban J connectivity index is 2.87. The molecule has 0 fully saturated rings. The van der Waals surface area contributed by atoms with Crippen LogP contribution in [0, 0.1) is 5.41 Å². The van der Waals surface area contributed by atoms with Crippen LogP contribution in [0.4, 0.5) is 0 Å². The first-order valence-electron chi connectivity index (χ1n) is 6.07. The molecule has 104 valence electrons. The Bertz CT molecular complexity index is 452. The maximum Gasteiger partial charge on any atom is 0.330 e. The summed E-state index contributed by atoms with van der Waals surface area (Å²) < 4.78 is 0. The molecule has 0 radical (unpaired) electrons. The van der Waals surface area contributed by atoms with Crippen molar-refractivity contribution >= 4 is 11.9 Å². The van der Waals surface area contributed by atoms with E-state index in [2.05, 4.69) is 5.32 Å². The highest BCUT2D eigenvalue weighted by molar-refractivity contribution is 5.87. The van der Waals surface area contributed by atoms with Gasteiger partial charge in [-0.15, -0.1) is 0 Å². The minimum Gasteiger partial charge on any atom is -0.479 e. The third-order valence-electron chi connectivity index (χ3n) is 2.88. The largest absolute Gasteiger partial charge is 0.479 e. The molecular weight excluding hydrogens is 244 g/mol. The highest BCUT2D eigenvalue weighted by atomic mass is 16.4. The molecule has 1 unspecified atom stereocenters. The van der Waals surface area contributed by atoms with Crippen molar-refractivity contribution in [1.82, 2.24) is 5.32 Å². The fourth-order valence-electron chi connectivity index (χ4n) is 1.56. The van der Waals surface area contributed by atoms with Gasteiger partial charge in [-0.25, -0.2) is 4.79 Å². The summed E-state index contributed by atoms with van der Waals surface area (Å²) in [5.74, 6) is -1.58. The van der Waals surface area contributed by atoms with E-state index >= 15 is 0 Å². The molecule has 0 aliphatic carbocycles. The van der Waals surface area contributed by atoms with Crippen molar-refractivity contribution in [2.24, 2.45) is 11.1 Å². The molecule has 0 saturated carbocycles. The van der Waals surface area contributed by atoms with Crippen molar-refractivity contribution in [2.75, 3.05) is 0 Å². The van der Waals surface area contributed by atoms with Gasteiger partial charge in [0, 0.05) is 0 Å². The van der Waals surface area contributed by atoms with Gasteiger partial charge < -0.3 is 16.2 Å². The molecular formula is C14H20N2O3. The zero-order chi connectivity index (χ0) is 14.6. The Morgan fingerprint density at radius 2 is 1.74 bits per heavy atom. The minimum absolute atomic E-state index is 0.427. The molecule has 0 aromatic heterocycles. The van der Waals surface area contributed by atoms with Crippen molar-refractivity contribution in [2.45, 2.75) is 32.9 Å². The lowest BCUT2D eigenvalue weighted by molar-refractivity contribution is -0.142. The highest BCUT2D eigenvalue weighted by Gasteiger charge is 2.31. The lowest BCUT2D eigenvalue weighted by Gasteiger charge is -2.27. The summed E-state index contributed by atoms with van der Waals surface area (Å²) in [5, 5.41) is 11.7. The van der Waals surface area contributed by atoms with E-state index in [4.69, 9.17) is 5.73 Å². The molecule has 1 aromatic carbocycles. The van der Waals surface area contributed by atoms with Crippen LogP contribution in [0.5, 0.6) is 0 Å². The van der Waals surface area contributed by atoms with Crippen molar-refractivity contribution in [3.8, 4) is 0 Å². The molecule has 0 bridgehead atoms. The van der Waals surface area contributed by atoms with Gasteiger partial charge in [0.1, 0.15) is 0 Å². The number of carboxylic acid groups (broad SMARTS) is 1. The predicted molar refractivity (Wildman–Crippen MR) is 72.4 cm³/mol. The molecule has 2 atom stereocenters. The van der Waals surface area contributed by atoms with Crippen LogP contribution in [0.3, 0.4) is 0 Å². The maximum atomic E-state index is 12.0. The quantitative estimate of drug-likeness (QED) is 0.764. The Kier molecular flexibility index (Phi) is 4.67. The number of carboxylic acids is 1. The number of amides is 1. The van der Waals surface area contributed by atoms with Crippen LogP contribution >= 0.6 is 0 Å². The fraction of sp³-hybridized carbons (Fsp3) is 0.429. The van der Waals surface area contributed by atoms with Gasteiger partial charge in [0.25, 0.3) is 0 Å². The smallest absolute Gasteiger partial charge is 0.330 e. The van der Waals surface area contributed by atoms with Gasteiger partial charge in [0.05, 0.1) is 6.04 Å². The number of nitrogens with one attached hydrogen (secondary N) is 1. The minimum atomic E-state index is -1.11. The van der Waals surface area contributed by atoms with Crippen LogP contribution in [-0.2, 0) is 9.59 Å². The van der Waals surface area contributed by atoms with E-state index in [0.29, 0.717) is 5.56 Å². The highest BCUT2D eigenvalue weighted by Crippen LogP contribution is 2.19. The SMILES string of the molecule is CC(C)(C)[C@H](N)C(=O)NC(C(=O)O)c1ccccc1. The topological polar surface area (TPSA) is 92.4 Å². The van der Waals surface area contributed by atoms with Crippen LogP contribution in [0.25, 0.3) is 0 Å². The number of carbonyl (C=O) groups is 2. The number of benzene rings is 1. The Hall–Kier alpha value is -1.88. The molecule has 5 nitrogen and oxygen atoms in total. The van der Waals surface area contributed by atoms with Gasteiger partial charge in [0.15, 0.2) is 6.04 Å². The lowest BCUT2D eigenvalue weighted by Crippen LogP contribution is -2.50. The van der Waals surface area contributed by atoms with Crippen molar-refractivity contribution < 1.29 is 14.7 Å². The first-order valence-corrected chi connectivity index (χ1v) is 6.07. The van der Waals surface area contributed by atoms with E-state index in [1.807, 2.05) is 20.8 Å². The molecule has 0 aliphatic rings. The third kappa shape index (κ3) is 4.06. The molecule has 0 saturated heterocycles. The van der Waals surface area contributed by atoms with E-state index < -0.39 is 29.4 Å². The van der Waals surface area contributed by atoms with Crippen molar-refractivity contribution in [3.63, 3.8) is 0 Å². The van der Waals surface area contributed by atoms with Crippen LogP contribution in [0.2, 0.25) is 0 Å². The first-order chi connectivity index (χ1) is 8.73. The van der Waals surface area contributed by atoms with Crippen LogP contribution in [-0.4, -0.2) is 23.0 Å². The average molecular weight is 264 g/mol. The lowest BCUT2D eigenvalue weighted by atomic mass is 9.86. The monoisotopic (exact) mass is 264 g/mol. The number of carbonyl (C=O) groups excluding carboxylic acids is 1. The molecule has 0 heterocycles. The van der Waals surface area contributed by atoms with Crippen LogP contribution < -0.4 is 11.1 Å². The van der Waals surface area contributed by atoms with Crippen molar-refractivity contribution in [3.05, 3.63) is 35.9 Å². The molecule has 1 amide bonds. The zero-order valence-corrected chi connectivity index (χ0v) is 11.4. The van der Waals surface area contributed by atoms with Crippen LogP contribution in [0.15, 0.2) is 30.3 Å². The summed E-state index contributed by atoms with van der Waals surface area (Å²) in [7, 11) is 0. The third-order valence-corrected chi connectivity index (χ3v) is 2.88. The Labute approximate surface area is 112 Å². The van der Waals surface area contributed by atoms with Gasteiger partial charge in [0.2, 0.25) is 5.91 Å². The second-order valence-corrected chi connectivity index (χ2v) is 5.53. The second kappa shape index (κ2) is 5.84. The molecule has 0 aliphatic heterocycles. The number of aliphatic carboxylic acids is 1. The number of hydrogen-bond donors (Lipinski definition) is 3. The normalized spacial score (nSPS) is 14.5. The summed E-state index contributed by atoms with van der Waals surface area (Å²) >= 11 is 0. The summed E-state index contributed by atoms with van der Waals surface area (Å²) in [6, 6.07) is 6.69. The van der Waals surface area contributed by atoms with Gasteiger partial charge in [-0.1, -0.05) is 51.1 Å². The van der Waals surface area contributed by atoms with Gasteiger partial charge >= 0.3 is 5.97 Å². The Morgan fingerprint density at radius 1 is 1.21 bits per heavy atom. The Morgan fingerprint density at radius 3 is 2.16 bits per heavy atom. The second-order valence-electron chi connectivity index (χ2n) is 5.53.